The predicted octanol–water partition coefficient (Wildman–Crippen LogP) is 2.48. The highest BCUT2D eigenvalue weighted by molar-refractivity contribution is 8.00. The Bertz CT molecular complexity index is 357. The highest BCUT2D eigenvalue weighted by Crippen LogP contribution is 2.33. The van der Waals surface area contributed by atoms with Crippen molar-refractivity contribution in [3.05, 3.63) is 0 Å². The van der Waals surface area contributed by atoms with E-state index < -0.39 is 9.84 Å². The molecule has 0 radical (unpaired) electrons. The molecule has 0 aromatic heterocycles. The molecule has 0 aliphatic heterocycles. The Balaban J connectivity index is 2.51. The van der Waals surface area contributed by atoms with Crippen molar-refractivity contribution in [3.8, 4) is 0 Å². The molecule has 1 rings (SSSR count). The van der Waals surface area contributed by atoms with Gasteiger partial charge < -0.3 is 5.11 Å². The van der Waals surface area contributed by atoms with Crippen molar-refractivity contribution in [2.24, 2.45) is 5.92 Å². The van der Waals surface area contributed by atoms with Gasteiger partial charge in [-0.05, 0) is 25.2 Å². The highest BCUT2D eigenvalue weighted by atomic mass is 32.2. The van der Waals surface area contributed by atoms with Crippen molar-refractivity contribution in [2.45, 2.75) is 62.6 Å². The van der Waals surface area contributed by atoms with Crippen LogP contribution in [0.1, 0.15) is 46.5 Å². The van der Waals surface area contributed by atoms with Gasteiger partial charge in [0.15, 0.2) is 0 Å². The van der Waals surface area contributed by atoms with Crippen LogP contribution in [0.25, 0.3) is 0 Å². The number of thioether (sulfide) groups is 1. The predicted molar refractivity (Wildman–Crippen MR) is 78.8 cm³/mol. The molecule has 1 aliphatic rings. The first-order chi connectivity index (χ1) is 8.09. The number of rotatable bonds is 4. The molecule has 18 heavy (non-hydrogen) atoms. The van der Waals surface area contributed by atoms with E-state index in [2.05, 4.69) is 20.8 Å². The highest BCUT2D eigenvalue weighted by Gasteiger charge is 2.32. The zero-order valence-corrected chi connectivity index (χ0v) is 13.5. The van der Waals surface area contributed by atoms with Gasteiger partial charge in [0.05, 0.1) is 11.4 Å². The summed E-state index contributed by atoms with van der Waals surface area (Å²) < 4.78 is 23.3. The molecule has 3 atom stereocenters. The smallest absolute Gasteiger partial charge is 0.150 e. The molecule has 0 spiro atoms. The third-order valence-corrected chi connectivity index (χ3v) is 6.52. The molecule has 0 bridgehead atoms. The van der Waals surface area contributed by atoms with Crippen molar-refractivity contribution in [3.63, 3.8) is 0 Å². The third-order valence-electron chi connectivity index (χ3n) is 3.50. The van der Waals surface area contributed by atoms with Crippen LogP contribution in [0.15, 0.2) is 0 Å². The minimum absolute atomic E-state index is 0.145. The van der Waals surface area contributed by atoms with Crippen molar-refractivity contribution in [2.75, 3.05) is 12.0 Å². The Morgan fingerprint density at radius 3 is 2.44 bits per heavy atom. The van der Waals surface area contributed by atoms with Crippen LogP contribution in [0, 0.1) is 5.92 Å². The lowest BCUT2D eigenvalue weighted by molar-refractivity contribution is 0.106. The van der Waals surface area contributed by atoms with Crippen LogP contribution >= 0.6 is 11.8 Å². The van der Waals surface area contributed by atoms with E-state index in [0.717, 1.165) is 19.3 Å². The largest absolute Gasteiger partial charge is 0.392 e. The van der Waals surface area contributed by atoms with Gasteiger partial charge in [-0.2, -0.15) is 11.8 Å². The van der Waals surface area contributed by atoms with Crippen LogP contribution in [0.5, 0.6) is 0 Å². The minimum atomic E-state index is -2.95. The zero-order chi connectivity index (χ0) is 14.0. The van der Waals surface area contributed by atoms with Gasteiger partial charge in [-0.3, -0.25) is 0 Å². The summed E-state index contributed by atoms with van der Waals surface area (Å²) in [6, 6.07) is 0. The molecule has 108 valence electrons. The summed E-state index contributed by atoms with van der Waals surface area (Å²) in [6.07, 6.45) is 4.20. The Labute approximate surface area is 116 Å². The SMILES string of the molecule is CC(C)(C)SCC(O)C1CCCC(S(C)(=O)=O)C1. The Kier molecular flexibility index (Phi) is 5.57. The van der Waals surface area contributed by atoms with Crippen molar-refractivity contribution in [1.82, 2.24) is 0 Å². The van der Waals surface area contributed by atoms with E-state index in [-0.39, 0.29) is 22.0 Å². The lowest BCUT2D eigenvalue weighted by Gasteiger charge is -2.32. The molecule has 1 saturated carbocycles. The van der Waals surface area contributed by atoms with Gasteiger partial charge >= 0.3 is 0 Å². The maximum Gasteiger partial charge on any atom is 0.150 e. The number of hydrogen-bond donors (Lipinski definition) is 1. The summed E-state index contributed by atoms with van der Waals surface area (Å²) in [6.45, 7) is 6.39. The summed E-state index contributed by atoms with van der Waals surface area (Å²) in [5.41, 5.74) is 0. The Hall–Kier alpha value is 0.260. The number of hydrogen-bond acceptors (Lipinski definition) is 4. The number of sulfone groups is 1. The van der Waals surface area contributed by atoms with Crippen LogP contribution < -0.4 is 0 Å². The lowest BCUT2D eigenvalue weighted by atomic mass is 9.85. The van der Waals surface area contributed by atoms with E-state index in [0.29, 0.717) is 12.2 Å². The molecule has 3 unspecified atom stereocenters. The molecule has 0 aromatic rings. The van der Waals surface area contributed by atoms with Gasteiger partial charge in [-0.25, -0.2) is 8.42 Å². The monoisotopic (exact) mass is 294 g/mol. The Morgan fingerprint density at radius 2 is 1.94 bits per heavy atom. The first-order valence-electron chi connectivity index (χ1n) is 6.60. The molecule has 3 nitrogen and oxygen atoms in total. The van der Waals surface area contributed by atoms with Crippen LogP contribution in [0.4, 0.5) is 0 Å². The summed E-state index contributed by atoms with van der Waals surface area (Å²) >= 11 is 1.74. The third kappa shape index (κ3) is 5.49. The van der Waals surface area contributed by atoms with Crippen LogP contribution in [-0.2, 0) is 9.84 Å². The van der Waals surface area contributed by atoms with Gasteiger partial charge in [-0.15, -0.1) is 0 Å². The summed E-state index contributed by atoms with van der Waals surface area (Å²) in [5, 5.41) is 9.96. The van der Waals surface area contributed by atoms with E-state index in [1.807, 2.05) is 0 Å². The van der Waals surface area contributed by atoms with Crippen LogP contribution in [-0.4, -0.2) is 41.6 Å². The molecule has 0 saturated heterocycles. The van der Waals surface area contributed by atoms with Gasteiger partial charge in [0, 0.05) is 16.8 Å². The second-order valence-corrected chi connectivity index (χ2v) is 10.5. The van der Waals surface area contributed by atoms with Crippen molar-refractivity contribution in [1.29, 1.82) is 0 Å². The molecule has 1 fully saturated rings. The van der Waals surface area contributed by atoms with Crippen LogP contribution in [0.3, 0.4) is 0 Å². The molecule has 1 aliphatic carbocycles. The molecule has 0 aromatic carbocycles. The minimum Gasteiger partial charge on any atom is -0.392 e. The van der Waals surface area contributed by atoms with Crippen LogP contribution in [0.2, 0.25) is 0 Å². The van der Waals surface area contributed by atoms with E-state index >= 15 is 0 Å². The topological polar surface area (TPSA) is 54.4 Å². The van der Waals surface area contributed by atoms with E-state index in [1.165, 1.54) is 6.26 Å². The summed E-state index contributed by atoms with van der Waals surface area (Å²) in [7, 11) is -2.95. The molecule has 5 heteroatoms. The van der Waals surface area contributed by atoms with Crippen molar-refractivity contribution >= 4 is 21.6 Å². The summed E-state index contributed by atoms with van der Waals surface area (Å²) in [4.78, 5) is 0. The average molecular weight is 294 g/mol. The number of aliphatic hydroxyl groups excluding tert-OH is 1. The van der Waals surface area contributed by atoms with Gasteiger partial charge in [-0.1, -0.05) is 27.2 Å². The number of aliphatic hydroxyl groups is 1. The molecular formula is C13H26O3S2. The first-order valence-corrected chi connectivity index (χ1v) is 9.54. The fourth-order valence-corrected chi connectivity index (χ4v) is 4.53. The fraction of sp³-hybridized carbons (Fsp3) is 1.00. The van der Waals surface area contributed by atoms with Gasteiger partial charge in [0.2, 0.25) is 0 Å². The summed E-state index contributed by atoms with van der Waals surface area (Å²) in [5.74, 6) is 0.846. The quantitative estimate of drug-likeness (QED) is 0.865. The maximum absolute atomic E-state index is 11.6. The van der Waals surface area contributed by atoms with Gasteiger partial charge in [0.25, 0.3) is 0 Å². The lowest BCUT2D eigenvalue weighted by Crippen LogP contribution is -2.34. The zero-order valence-electron chi connectivity index (χ0n) is 11.8. The molecule has 0 heterocycles. The first kappa shape index (κ1) is 16.3. The second-order valence-electron chi connectivity index (χ2n) is 6.37. The molecular weight excluding hydrogens is 268 g/mol. The van der Waals surface area contributed by atoms with E-state index in [4.69, 9.17) is 0 Å². The standard InChI is InChI=1S/C13H26O3S2/c1-13(2,3)17-9-12(14)10-6-5-7-11(8-10)18(4,15)16/h10-12,14H,5-9H2,1-4H3. The molecule has 1 N–H and O–H groups in total. The second kappa shape index (κ2) is 6.14. The van der Waals surface area contributed by atoms with E-state index in [9.17, 15) is 13.5 Å². The van der Waals surface area contributed by atoms with Gasteiger partial charge in [0.1, 0.15) is 9.84 Å². The average Bonchev–Trinajstić information content (AvgIpc) is 2.24. The Morgan fingerprint density at radius 1 is 1.33 bits per heavy atom. The van der Waals surface area contributed by atoms with Crippen molar-refractivity contribution < 1.29 is 13.5 Å². The van der Waals surface area contributed by atoms with E-state index in [1.54, 1.807) is 11.8 Å². The maximum atomic E-state index is 11.6. The molecule has 0 amide bonds. The normalized spacial score (nSPS) is 28.1. The fourth-order valence-electron chi connectivity index (χ4n) is 2.39.